The Morgan fingerprint density at radius 3 is 3.12 bits per heavy atom. The fraction of sp³-hybridized carbons (Fsp3) is 0.500. The molecule has 2 nitrogen and oxygen atoms in total. The summed E-state index contributed by atoms with van der Waals surface area (Å²) in [4.78, 5) is 3.52. The van der Waals surface area contributed by atoms with Crippen molar-refractivity contribution in [1.82, 2.24) is 4.90 Å². The highest BCUT2D eigenvalue weighted by atomic mass is 32.2. The molecule has 0 bridgehead atoms. The van der Waals surface area contributed by atoms with Gasteiger partial charge in [0.1, 0.15) is 0 Å². The van der Waals surface area contributed by atoms with Crippen LogP contribution in [0.15, 0.2) is 23.1 Å². The van der Waals surface area contributed by atoms with Crippen molar-refractivity contribution in [2.45, 2.75) is 37.2 Å². The largest absolute Gasteiger partial charge is 0.287 e. The van der Waals surface area contributed by atoms with E-state index >= 15 is 0 Å². The minimum Gasteiger partial charge on any atom is -0.287 e. The predicted octanol–water partition coefficient (Wildman–Crippen LogP) is 3.07. The molecular weight excluding hydrogens is 228 g/mol. The summed E-state index contributed by atoms with van der Waals surface area (Å²) in [6, 6.07) is 8.98. The summed E-state index contributed by atoms with van der Waals surface area (Å²) < 4.78 is 0. The van der Waals surface area contributed by atoms with Crippen molar-refractivity contribution in [3.8, 4) is 6.07 Å². The van der Waals surface area contributed by atoms with E-state index in [1.807, 2.05) is 25.7 Å². The number of thioether (sulfide) groups is 1. The van der Waals surface area contributed by atoms with Crippen LogP contribution in [0.3, 0.4) is 0 Å². The molecule has 2 rings (SSSR count). The molecule has 0 saturated heterocycles. The third-order valence-corrected chi connectivity index (χ3v) is 4.45. The Labute approximate surface area is 108 Å². The van der Waals surface area contributed by atoms with Crippen LogP contribution in [-0.2, 0) is 13.0 Å². The maximum Gasteiger partial charge on any atom is 0.0949 e. The van der Waals surface area contributed by atoms with E-state index in [0.717, 1.165) is 6.54 Å². The quantitative estimate of drug-likeness (QED) is 0.820. The normalized spacial score (nSPS) is 16.4. The summed E-state index contributed by atoms with van der Waals surface area (Å²) in [5.41, 5.74) is 2.80. The van der Waals surface area contributed by atoms with Crippen LogP contribution < -0.4 is 0 Å². The lowest BCUT2D eigenvalue weighted by Gasteiger charge is -2.21. The maximum absolute atomic E-state index is 8.88. The Hall–Kier alpha value is -0.980. The van der Waals surface area contributed by atoms with Crippen molar-refractivity contribution in [3.05, 3.63) is 29.3 Å². The number of hydrogen-bond acceptors (Lipinski definition) is 3. The topological polar surface area (TPSA) is 27.0 Å². The Morgan fingerprint density at radius 1 is 1.53 bits per heavy atom. The second-order valence-corrected chi connectivity index (χ2v) is 5.75. The third kappa shape index (κ3) is 3.02. The predicted molar refractivity (Wildman–Crippen MR) is 72.0 cm³/mol. The number of benzene rings is 1. The fourth-order valence-electron chi connectivity index (χ4n) is 2.04. The van der Waals surface area contributed by atoms with Crippen LogP contribution in [-0.4, -0.2) is 23.7 Å². The third-order valence-electron chi connectivity index (χ3n) is 3.25. The molecule has 1 aromatic carbocycles. The first-order chi connectivity index (χ1) is 8.20. The molecule has 0 amide bonds. The van der Waals surface area contributed by atoms with Gasteiger partial charge in [0.15, 0.2) is 0 Å². The number of nitriles is 1. The van der Waals surface area contributed by atoms with Crippen LogP contribution in [0.1, 0.15) is 24.5 Å². The van der Waals surface area contributed by atoms with Gasteiger partial charge in [-0.3, -0.25) is 4.90 Å². The van der Waals surface area contributed by atoms with Crippen LogP contribution in [0, 0.1) is 11.3 Å². The van der Waals surface area contributed by atoms with Gasteiger partial charge in [0.2, 0.25) is 0 Å². The summed E-state index contributed by atoms with van der Waals surface area (Å²) >= 11 is 1.96. The van der Waals surface area contributed by atoms with Gasteiger partial charge in [0.25, 0.3) is 0 Å². The molecule has 0 aliphatic carbocycles. The van der Waals surface area contributed by atoms with Gasteiger partial charge >= 0.3 is 0 Å². The lowest BCUT2D eigenvalue weighted by molar-refractivity contribution is 0.294. The molecule has 0 fully saturated rings. The zero-order valence-corrected chi connectivity index (χ0v) is 11.3. The van der Waals surface area contributed by atoms with Gasteiger partial charge in [-0.15, -0.1) is 11.8 Å². The zero-order valence-electron chi connectivity index (χ0n) is 10.4. The first kappa shape index (κ1) is 12.5. The number of nitrogens with zero attached hydrogens (tertiary/aromatic N) is 2. The van der Waals surface area contributed by atoms with Crippen molar-refractivity contribution in [2.24, 2.45) is 0 Å². The highest BCUT2D eigenvalue weighted by molar-refractivity contribution is 7.99. The van der Waals surface area contributed by atoms with E-state index in [-0.39, 0.29) is 6.04 Å². The molecule has 90 valence electrons. The second-order valence-electron chi connectivity index (χ2n) is 4.61. The van der Waals surface area contributed by atoms with E-state index in [2.05, 4.69) is 29.2 Å². The first-order valence-electron chi connectivity index (χ1n) is 6.05. The molecule has 3 heteroatoms. The molecule has 0 saturated carbocycles. The monoisotopic (exact) mass is 246 g/mol. The van der Waals surface area contributed by atoms with Crippen molar-refractivity contribution >= 4 is 11.8 Å². The van der Waals surface area contributed by atoms with Crippen LogP contribution >= 0.6 is 11.8 Å². The Bertz CT molecular complexity index is 436. The van der Waals surface area contributed by atoms with Crippen LogP contribution in [0.25, 0.3) is 0 Å². The van der Waals surface area contributed by atoms with E-state index in [4.69, 9.17) is 5.26 Å². The van der Waals surface area contributed by atoms with Gasteiger partial charge in [0.05, 0.1) is 12.1 Å². The van der Waals surface area contributed by atoms with Crippen molar-refractivity contribution in [3.63, 3.8) is 0 Å². The minimum absolute atomic E-state index is 0.0274. The highest BCUT2D eigenvalue weighted by Gasteiger charge is 2.12. The van der Waals surface area contributed by atoms with Crippen molar-refractivity contribution in [2.75, 3.05) is 12.8 Å². The summed E-state index contributed by atoms with van der Waals surface area (Å²) in [6.45, 7) is 2.79. The van der Waals surface area contributed by atoms with Crippen LogP contribution in [0.2, 0.25) is 0 Å². The number of rotatable bonds is 3. The van der Waals surface area contributed by atoms with Crippen molar-refractivity contribution in [1.29, 1.82) is 5.26 Å². The second kappa shape index (κ2) is 5.57. The van der Waals surface area contributed by atoms with Gasteiger partial charge in [-0.1, -0.05) is 12.1 Å². The molecular formula is C14H18N2S. The van der Waals surface area contributed by atoms with Gasteiger partial charge < -0.3 is 0 Å². The van der Waals surface area contributed by atoms with E-state index in [1.165, 1.54) is 34.6 Å². The van der Waals surface area contributed by atoms with Crippen LogP contribution in [0.4, 0.5) is 0 Å². The number of fused-ring (bicyclic) bond motifs is 1. The van der Waals surface area contributed by atoms with Crippen LogP contribution in [0.5, 0.6) is 0 Å². The van der Waals surface area contributed by atoms with Gasteiger partial charge in [-0.25, -0.2) is 0 Å². The summed E-state index contributed by atoms with van der Waals surface area (Å²) in [7, 11) is 2.00. The molecule has 0 radical (unpaired) electrons. The fourth-order valence-corrected chi connectivity index (χ4v) is 3.05. The van der Waals surface area contributed by atoms with E-state index in [9.17, 15) is 0 Å². The molecule has 0 spiro atoms. The summed E-state index contributed by atoms with van der Waals surface area (Å²) in [6.07, 6.45) is 2.49. The van der Waals surface area contributed by atoms with Gasteiger partial charge in [-0.05, 0) is 49.8 Å². The molecule has 1 atom stereocenters. The Balaban J connectivity index is 2.10. The Morgan fingerprint density at radius 2 is 2.35 bits per heavy atom. The average Bonchev–Trinajstić information content (AvgIpc) is 2.37. The maximum atomic E-state index is 8.88. The van der Waals surface area contributed by atoms with Gasteiger partial charge in [-0.2, -0.15) is 5.26 Å². The smallest absolute Gasteiger partial charge is 0.0949 e. The Kier molecular flexibility index (Phi) is 4.09. The molecule has 1 aliphatic rings. The lowest BCUT2D eigenvalue weighted by atomic mass is 10.1. The average molecular weight is 246 g/mol. The summed E-state index contributed by atoms with van der Waals surface area (Å²) in [5.74, 6) is 1.25. The summed E-state index contributed by atoms with van der Waals surface area (Å²) in [5, 5.41) is 8.88. The molecule has 0 N–H and O–H groups in total. The van der Waals surface area contributed by atoms with E-state index in [1.54, 1.807) is 0 Å². The van der Waals surface area contributed by atoms with E-state index < -0.39 is 0 Å². The molecule has 17 heavy (non-hydrogen) atoms. The molecule has 0 aromatic heterocycles. The number of aryl methyl sites for hydroxylation is 1. The first-order valence-corrected chi connectivity index (χ1v) is 7.03. The minimum atomic E-state index is -0.0274. The lowest BCUT2D eigenvalue weighted by Crippen LogP contribution is -2.27. The zero-order chi connectivity index (χ0) is 12.3. The number of hydrogen-bond donors (Lipinski definition) is 0. The highest BCUT2D eigenvalue weighted by Crippen LogP contribution is 2.30. The standard InChI is InChI=1S/C14H18N2S/c1-11(9-15)16(2)10-12-5-6-14-13(8-12)4-3-7-17-14/h5-6,8,11H,3-4,7,10H2,1-2H3. The molecule has 1 aromatic rings. The van der Waals surface area contributed by atoms with E-state index in [0.29, 0.717) is 0 Å². The van der Waals surface area contributed by atoms with Crippen molar-refractivity contribution < 1.29 is 0 Å². The molecule has 1 aliphatic heterocycles. The molecule has 1 unspecified atom stereocenters. The van der Waals surface area contributed by atoms with Gasteiger partial charge in [0, 0.05) is 11.4 Å². The SMILES string of the molecule is CC(C#N)N(C)Cc1ccc2c(c1)CCCS2. The molecule has 1 heterocycles.